The summed E-state index contributed by atoms with van der Waals surface area (Å²) in [6.45, 7) is 6.33. The molecule has 0 spiro atoms. The van der Waals surface area contributed by atoms with Crippen LogP contribution in [0.1, 0.15) is 79.2 Å². The molecule has 0 atom stereocenters. The molecule has 5 nitrogen and oxygen atoms in total. The Balaban J connectivity index is 1.64. The largest absolute Gasteiger partial charge is 0.482 e. The van der Waals surface area contributed by atoms with Gasteiger partial charge in [-0.3, -0.25) is 4.79 Å². The monoisotopic (exact) mass is 529 g/mol. The Bertz CT molecular complexity index is 1170. The Morgan fingerprint density at radius 3 is 2.50 bits per heavy atom. The average Bonchev–Trinajstić information content (AvgIpc) is 2.78. The first kappa shape index (κ1) is 24.5. The summed E-state index contributed by atoms with van der Waals surface area (Å²) in [5, 5.41) is 11.7. The van der Waals surface area contributed by atoms with Crippen LogP contribution in [-0.4, -0.2) is 22.6 Å². The maximum absolute atomic E-state index is 14.1. The number of hydrogen-bond donors (Lipinski definition) is 2. The fourth-order valence-electron chi connectivity index (χ4n) is 4.98. The lowest BCUT2D eigenvalue weighted by Crippen LogP contribution is -2.31. The van der Waals surface area contributed by atoms with Crippen LogP contribution in [0.3, 0.4) is 0 Å². The van der Waals surface area contributed by atoms with E-state index in [0.717, 1.165) is 42.2 Å². The van der Waals surface area contributed by atoms with Crippen molar-refractivity contribution in [1.29, 1.82) is 0 Å². The standard InChI is InChI=1S/C27H29BrFNO4/c1-4-15-5-7-16(8-6-15)21-14-27(2,3)34-24-20(21)11-17(12-22(24)28)25(31)30-18-9-10-19(26(32)33)23(29)13-18/h9-16H,4-8H2,1-3H3,(H,30,31)(H,32,33). The third-order valence-corrected chi connectivity index (χ3v) is 7.40. The lowest BCUT2D eigenvalue weighted by molar-refractivity contribution is 0.0691. The predicted molar refractivity (Wildman–Crippen MR) is 134 cm³/mol. The molecule has 1 fully saturated rings. The molecule has 2 aliphatic rings. The zero-order valence-corrected chi connectivity index (χ0v) is 21.2. The number of carbonyl (C=O) groups is 2. The molecule has 1 aliphatic heterocycles. The average molecular weight is 530 g/mol. The van der Waals surface area contributed by atoms with Gasteiger partial charge in [-0.15, -0.1) is 0 Å². The second-order valence-electron chi connectivity index (χ2n) is 9.72. The third kappa shape index (κ3) is 5.04. The summed E-state index contributed by atoms with van der Waals surface area (Å²) < 4.78 is 21.0. The Hall–Kier alpha value is -2.67. The quantitative estimate of drug-likeness (QED) is 0.425. The van der Waals surface area contributed by atoms with Crippen molar-refractivity contribution in [2.45, 2.75) is 58.5 Å². The fourth-order valence-corrected chi connectivity index (χ4v) is 5.52. The minimum absolute atomic E-state index is 0.187. The molecule has 1 heterocycles. The molecule has 0 saturated heterocycles. The number of ether oxygens (including phenoxy) is 1. The molecular formula is C27H29BrFNO4. The van der Waals surface area contributed by atoms with Gasteiger partial charge >= 0.3 is 5.97 Å². The van der Waals surface area contributed by atoms with Crippen molar-refractivity contribution in [3.05, 3.63) is 63.4 Å². The van der Waals surface area contributed by atoms with Gasteiger partial charge in [-0.25, -0.2) is 9.18 Å². The van der Waals surface area contributed by atoms with Crippen LogP contribution < -0.4 is 10.1 Å². The molecule has 2 N–H and O–H groups in total. The van der Waals surface area contributed by atoms with Gasteiger partial charge < -0.3 is 15.2 Å². The Morgan fingerprint density at radius 2 is 1.88 bits per heavy atom. The summed E-state index contributed by atoms with van der Waals surface area (Å²) in [7, 11) is 0. The fraction of sp³-hybridized carbons (Fsp3) is 0.407. The highest BCUT2D eigenvalue weighted by molar-refractivity contribution is 9.10. The topological polar surface area (TPSA) is 75.6 Å². The second-order valence-corrected chi connectivity index (χ2v) is 10.6. The third-order valence-electron chi connectivity index (χ3n) is 6.81. The van der Waals surface area contributed by atoms with Crippen LogP contribution in [0.4, 0.5) is 10.1 Å². The molecule has 34 heavy (non-hydrogen) atoms. The maximum atomic E-state index is 14.1. The molecule has 7 heteroatoms. The van der Waals surface area contributed by atoms with E-state index >= 15 is 0 Å². The van der Waals surface area contributed by atoms with Crippen molar-refractivity contribution in [3.8, 4) is 5.75 Å². The van der Waals surface area contributed by atoms with Crippen LogP contribution in [0, 0.1) is 17.7 Å². The molecule has 1 saturated carbocycles. The number of carboxylic acid groups (broad SMARTS) is 1. The molecule has 0 bridgehead atoms. The van der Waals surface area contributed by atoms with Gasteiger partial charge in [0.15, 0.2) is 0 Å². The first-order valence-electron chi connectivity index (χ1n) is 11.7. The molecule has 1 aliphatic carbocycles. The minimum atomic E-state index is -1.36. The number of aromatic carboxylic acids is 1. The van der Waals surface area contributed by atoms with E-state index in [2.05, 4.69) is 34.2 Å². The number of rotatable bonds is 5. The zero-order chi connectivity index (χ0) is 24.6. The molecule has 0 radical (unpaired) electrons. The van der Waals surface area contributed by atoms with Crippen LogP contribution in [0.15, 0.2) is 40.9 Å². The van der Waals surface area contributed by atoms with E-state index in [1.807, 2.05) is 19.9 Å². The first-order valence-corrected chi connectivity index (χ1v) is 12.5. The number of anilines is 1. The number of amides is 1. The molecule has 1 amide bonds. The number of nitrogens with one attached hydrogen (secondary N) is 1. The van der Waals surface area contributed by atoms with E-state index in [-0.39, 0.29) is 5.69 Å². The smallest absolute Gasteiger partial charge is 0.338 e. The van der Waals surface area contributed by atoms with Crippen molar-refractivity contribution >= 4 is 39.1 Å². The van der Waals surface area contributed by atoms with Crippen molar-refractivity contribution in [3.63, 3.8) is 0 Å². The summed E-state index contributed by atoms with van der Waals surface area (Å²) in [6, 6.07) is 7.06. The first-order chi connectivity index (χ1) is 16.1. The lowest BCUT2D eigenvalue weighted by atomic mass is 9.74. The highest BCUT2D eigenvalue weighted by atomic mass is 79.9. The molecule has 0 aromatic heterocycles. The number of carboxylic acids is 1. The van der Waals surface area contributed by atoms with Gasteiger partial charge in [0.25, 0.3) is 5.91 Å². The van der Waals surface area contributed by atoms with Gasteiger partial charge in [0.2, 0.25) is 0 Å². The Morgan fingerprint density at radius 1 is 1.18 bits per heavy atom. The number of halogens is 2. The van der Waals surface area contributed by atoms with Gasteiger partial charge in [0.1, 0.15) is 17.2 Å². The zero-order valence-electron chi connectivity index (χ0n) is 19.6. The van der Waals surface area contributed by atoms with Crippen LogP contribution in [0.25, 0.3) is 5.57 Å². The number of benzene rings is 2. The molecule has 180 valence electrons. The molecule has 2 aromatic rings. The van der Waals surface area contributed by atoms with E-state index in [4.69, 9.17) is 9.84 Å². The molecule has 4 rings (SSSR count). The summed E-state index contributed by atoms with van der Waals surface area (Å²) in [6.07, 6.45) is 8.02. The Labute approximate surface area is 207 Å². The number of carbonyl (C=O) groups excluding carboxylic acids is 1. The molecule has 2 aromatic carbocycles. The summed E-state index contributed by atoms with van der Waals surface area (Å²) >= 11 is 3.59. The number of hydrogen-bond acceptors (Lipinski definition) is 3. The van der Waals surface area contributed by atoms with Gasteiger partial charge in [-0.1, -0.05) is 13.3 Å². The van der Waals surface area contributed by atoms with E-state index < -0.39 is 28.9 Å². The highest BCUT2D eigenvalue weighted by Crippen LogP contribution is 2.48. The van der Waals surface area contributed by atoms with Crippen LogP contribution >= 0.6 is 15.9 Å². The number of allylic oxidation sites excluding steroid dienone is 1. The SMILES string of the molecule is CCC1CCC(C2=CC(C)(C)Oc3c(Br)cc(C(=O)Nc4ccc(C(=O)O)c(F)c4)cc32)CC1. The van der Waals surface area contributed by atoms with Crippen LogP contribution in [0.5, 0.6) is 5.75 Å². The van der Waals surface area contributed by atoms with E-state index in [0.29, 0.717) is 16.0 Å². The van der Waals surface area contributed by atoms with E-state index in [1.54, 1.807) is 6.07 Å². The van der Waals surface area contributed by atoms with Gasteiger partial charge in [-0.05, 0) is 109 Å². The maximum Gasteiger partial charge on any atom is 0.338 e. The van der Waals surface area contributed by atoms with Gasteiger partial charge in [-0.2, -0.15) is 0 Å². The van der Waals surface area contributed by atoms with Crippen molar-refractivity contribution in [2.75, 3.05) is 5.32 Å². The molecular weight excluding hydrogens is 501 g/mol. The lowest BCUT2D eigenvalue weighted by Gasteiger charge is -2.37. The van der Waals surface area contributed by atoms with Crippen molar-refractivity contribution < 1.29 is 23.8 Å². The van der Waals surface area contributed by atoms with E-state index in [9.17, 15) is 14.0 Å². The molecule has 0 unspecified atom stereocenters. The highest BCUT2D eigenvalue weighted by Gasteiger charge is 2.34. The predicted octanol–water partition coefficient (Wildman–Crippen LogP) is 7.31. The van der Waals surface area contributed by atoms with Crippen molar-refractivity contribution in [2.24, 2.45) is 11.8 Å². The van der Waals surface area contributed by atoms with Crippen LogP contribution in [-0.2, 0) is 0 Å². The minimum Gasteiger partial charge on any atom is -0.482 e. The van der Waals surface area contributed by atoms with E-state index in [1.165, 1.54) is 30.9 Å². The van der Waals surface area contributed by atoms with Gasteiger partial charge in [0, 0.05) is 16.8 Å². The van der Waals surface area contributed by atoms with Crippen molar-refractivity contribution in [1.82, 2.24) is 0 Å². The van der Waals surface area contributed by atoms with Crippen LogP contribution in [0.2, 0.25) is 0 Å². The summed E-state index contributed by atoms with van der Waals surface area (Å²) in [5.74, 6) is -0.753. The normalized spacial score (nSPS) is 21.1. The second kappa shape index (κ2) is 9.53. The summed E-state index contributed by atoms with van der Waals surface area (Å²) in [4.78, 5) is 24.1. The van der Waals surface area contributed by atoms with Gasteiger partial charge in [0.05, 0.1) is 10.0 Å². The number of fused-ring (bicyclic) bond motifs is 1. The summed E-state index contributed by atoms with van der Waals surface area (Å²) in [5.41, 5.74) is 1.82. The Kier molecular flexibility index (Phi) is 6.85.